The number of amides is 2. The van der Waals surface area contributed by atoms with Gasteiger partial charge in [0.1, 0.15) is 5.00 Å². The zero-order chi connectivity index (χ0) is 18.8. The van der Waals surface area contributed by atoms with E-state index in [9.17, 15) is 14.4 Å². The number of hydrogen-bond acceptors (Lipinski definition) is 5. The summed E-state index contributed by atoms with van der Waals surface area (Å²) in [5.74, 6) is -0.683. The summed E-state index contributed by atoms with van der Waals surface area (Å²) in [6.07, 6.45) is 4.90. The first-order valence-corrected chi connectivity index (χ1v) is 10.1. The van der Waals surface area contributed by atoms with E-state index in [1.54, 1.807) is 4.90 Å². The molecule has 1 atom stereocenters. The standard InChI is InChI=1S/C19H26N2O4S/c1-11-6-4-5-9-21(11)15(22)10-25-19(24)16-12(2)13(3)26-18(16)20-17(23)14-7-8-14/h11,14H,4-10H2,1-3H3,(H,20,23)/t11-/m1/s1. The lowest BCUT2D eigenvalue weighted by Crippen LogP contribution is -2.44. The second-order valence-corrected chi connectivity index (χ2v) is 8.48. The number of nitrogens with zero attached hydrogens (tertiary/aromatic N) is 1. The van der Waals surface area contributed by atoms with Gasteiger partial charge in [-0.1, -0.05) is 0 Å². The molecule has 7 heteroatoms. The second kappa shape index (κ2) is 7.78. The molecular formula is C19H26N2O4S. The minimum atomic E-state index is -0.545. The maximum Gasteiger partial charge on any atom is 0.341 e. The van der Waals surface area contributed by atoms with Crippen molar-refractivity contribution in [2.24, 2.45) is 5.92 Å². The third-order valence-electron chi connectivity index (χ3n) is 5.22. The monoisotopic (exact) mass is 378 g/mol. The number of thiophene rings is 1. The van der Waals surface area contributed by atoms with Gasteiger partial charge in [-0.15, -0.1) is 11.3 Å². The van der Waals surface area contributed by atoms with Gasteiger partial charge in [0.25, 0.3) is 5.91 Å². The van der Waals surface area contributed by atoms with E-state index in [1.165, 1.54) is 11.3 Å². The first-order chi connectivity index (χ1) is 12.4. The average molecular weight is 378 g/mol. The third kappa shape index (κ3) is 4.09. The summed E-state index contributed by atoms with van der Waals surface area (Å²) < 4.78 is 5.31. The molecule has 0 bridgehead atoms. The van der Waals surface area contributed by atoms with Gasteiger partial charge in [0.15, 0.2) is 6.61 Å². The number of ether oxygens (including phenoxy) is 1. The minimum Gasteiger partial charge on any atom is -0.452 e. The number of carbonyl (C=O) groups is 3. The Morgan fingerprint density at radius 3 is 2.58 bits per heavy atom. The van der Waals surface area contributed by atoms with Crippen molar-refractivity contribution in [1.29, 1.82) is 0 Å². The third-order valence-corrected chi connectivity index (χ3v) is 6.35. The molecule has 0 aromatic carbocycles. The van der Waals surface area contributed by atoms with Crippen LogP contribution in [0.25, 0.3) is 0 Å². The number of hydrogen-bond donors (Lipinski definition) is 1. The van der Waals surface area contributed by atoms with Crippen molar-refractivity contribution in [2.45, 2.75) is 58.9 Å². The number of carbonyl (C=O) groups excluding carboxylic acids is 3. The topological polar surface area (TPSA) is 75.7 Å². The smallest absolute Gasteiger partial charge is 0.341 e. The molecule has 26 heavy (non-hydrogen) atoms. The van der Waals surface area contributed by atoms with Gasteiger partial charge in [-0.2, -0.15) is 0 Å². The first kappa shape index (κ1) is 18.9. The lowest BCUT2D eigenvalue weighted by Gasteiger charge is -2.33. The van der Waals surface area contributed by atoms with E-state index in [2.05, 4.69) is 5.32 Å². The van der Waals surface area contributed by atoms with Gasteiger partial charge in [0, 0.05) is 23.4 Å². The fraction of sp³-hybridized carbons (Fsp3) is 0.632. The van der Waals surface area contributed by atoms with Gasteiger partial charge in [-0.3, -0.25) is 9.59 Å². The largest absolute Gasteiger partial charge is 0.452 e. The normalized spacial score (nSPS) is 20.0. The van der Waals surface area contributed by atoms with Crippen LogP contribution in [0.1, 0.15) is 59.8 Å². The molecule has 1 saturated heterocycles. The van der Waals surface area contributed by atoms with Gasteiger partial charge in [0.2, 0.25) is 5.91 Å². The minimum absolute atomic E-state index is 0.0430. The Labute approximate surface area is 157 Å². The molecule has 1 aliphatic carbocycles. The predicted molar refractivity (Wildman–Crippen MR) is 100 cm³/mol. The van der Waals surface area contributed by atoms with Crippen molar-refractivity contribution in [1.82, 2.24) is 4.90 Å². The van der Waals surface area contributed by atoms with E-state index in [4.69, 9.17) is 4.74 Å². The molecule has 3 rings (SSSR count). The number of aryl methyl sites for hydroxylation is 1. The fourth-order valence-electron chi connectivity index (χ4n) is 3.27. The van der Waals surface area contributed by atoms with Crippen LogP contribution in [0.15, 0.2) is 0 Å². The lowest BCUT2D eigenvalue weighted by atomic mass is 10.0. The molecule has 1 N–H and O–H groups in total. The van der Waals surface area contributed by atoms with E-state index in [1.807, 2.05) is 20.8 Å². The number of esters is 1. The Morgan fingerprint density at radius 1 is 1.19 bits per heavy atom. The van der Waals surface area contributed by atoms with Crippen molar-refractivity contribution in [2.75, 3.05) is 18.5 Å². The molecule has 1 aromatic heterocycles. The summed E-state index contributed by atoms with van der Waals surface area (Å²) in [4.78, 5) is 39.8. The van der Waals surface area contributed by atoms with Gasteiger partial charge in [0.05, 0.1) is 5.56 Å². The number of rotatable bonds is 5. The van der Waals surface area contributed by atoms with Crippen LogP contribution in [-0.4, -0.2) is 41.9 Å². The van der Waals surface area contributed by atoms with Crippen LogP contribution in [0.5, 0.6) is 0 Å². The summed E-state index contributed by atoms with van der Waals surface area (Å²) in [7, 11) is 0. The number of likely N-dealkylation sites (tertiary alicyclic amines) is 1. The van der Waals surface area contributed by atoms with E-state index >= 15 is 0 Å². The van der Waals surface area contributed by atoms with Crippen molar-refractivity contribution in [3.63, 3.8) is 0 Å². The molecule has 1 saturated carbocycles. The molecule has 0 spiro atoms. The van der Waals surface area contributed by atoms with Gasteiger partial charge in [-0.25, -0.2) is 4.79 Å². The quantitative estimate of drug-likeness (QED) is 0.798. The SMILES string of the molecule is Cc1sc(NC(=O)C2CC2)c(C(=O)OCC(=O)N2CCCC[C@H]2C)c1C. The fourth-order valence-corrected chi connectivity index (χ4v) is 4.32. The summed E-state index contributed by atoms with van der Waals surface area (Å²) in [5.41, 5.74) is 1.17. The maximum atomic E-state index is 12.6. The van der Waals surface area contributed by atoms with E-state index in [0.29, 0.717) is 10.6 Å². The van der Waals surface area contributed by atoms with Crippen LogP contribution >= 0.6 is 11.3 Å². The zero-order valence-corrected chi connectivity index (χ0v) is 16.4. The Balaban J connectivity index is 1.65. The van der Waals surface area contributed by atoms with Crippen LogP contribution in [0.4, 0.5) is 5.00 Å². The highest BCUT2D eigenvalue weighted by Gasteiger charge is 2.32. The summed E-state index contributed by atoms with van der Waals surface area (Å²) in [5, 5.41) is 3.38. The molecule has 0 radical (unpaired) electrons. The molecule has 2 fully saturated rings. The van der Waals surface area contributed by atoms with E-state index in [-0.39, 0.29) is 30.4 Å². The summed E-state index contributed by atoms with van der Waals surface area (Å²) in [6, 6.07) is 0.188. The zero-order valence-electron chi connectivity index (χ0n) is 15.6. The Kier molecular flexibility index (Phi) is 5.65. The lowest BCUT2D eigenvalue weighted by molar-refractivity contribution is -0.137. The Bertz CT molecular complexity index is 723. The maximum absolute atomic E-state index is 12.6. The molecular weight excluding hydrogens is 352 g/mol. The number of piperidine rings is 1. The molecule has 2 heterocycles. The second-order valence-electron chi connectivity index (χ2n) is 7.26. The van der Waals surface area contributed by atoms with Crippen LogP contribution < -0.4 is 5.32 Å². The van der Waals surface area contributed by atoms with Crippen LogP contribution in [0.3, 0.4) is 0 Å². The molecule has 1 aromatic rings. The molecule has 142 valence electrons. The molecule has 6 nitrogen and oxygen atoms in total. The van der Waals surface area contributed by atoms with Crippen LogP contribution in [0.2, 0.25) is 0 Å². The summed E-state index contributed by atoms with van der Waals surface area (Å²) in [6.45, 7) is 6.23. The van der Waals surface area contributed by atoms with Crippen molar-refractivity contribution in [3.05, 3.63) is 16.0 Å². The Morgan fingerprint density at radius 2 is 1.92 bits per heavy atom. The van der Waals surface area contributed by atoms with Gasteiger partial charge in [-0.05, 0) is 58.4 Å². The van der Waals surface area contributed by atoms with Gasteiger partial charge >= 0.3 is 5.97 Å². The van der Waals surface area contributed by atoms with E-state index in [0.717, 1.165) is 49.1 Å². The van der Waals surface area contributed by atoms with Crippen LogP contribution in [0, 0.1) is 19.8 Å². The van der Waals surface area contributed by atoms with E-state index < -0.39 is 5.97 Å². The average Bonchev–Trinajstić information content (AvgIpc) is 3.41. The molecule has 1 aliphatic heterocycles. The molecule has 0 unspecified atom stereocenters. The van der Waals surface area contributed by atoms with Gasteiger partial charge < -0.3 is 15.0 Å². The highest BCUT2D eigenvalue weighted by molar-refractivity contribution is 7.16. The predicted octanol–water partition coefficient (Wildman–Crippen LogP) is 3.27. The highest BCUT2D eigenvalue weighted by atomic mass is 32.1. The first-order valence-electron chi connectivity index (χ1n) is 9.26. The summed E-state index contributed by atoms with van der Waals surface area (Å²) >= 11 is 1.38. The van der Waals surface area contributed by atoms with Crippen molar-refractivity contribution >= 4 is 34.1 Å². The Hall–Kier alpha value is -1.89. The molecule has 2 aliphatic rings. The van der Waals surface area contributed by atoms with Crippen molar-refractivity contribution < 1.29 is 19.1 Å². The highest BCUT2D eigenvalue weighted by Crippen LogP contribution is 2.36. The number of anilines is 1. The van der Waals surface area contributed by atoms with Crippen LogP contribution in [-0.2, 0) is 14.3 Å². The van der Waals surface area contributed by atoms with Crippen molar-refractivity contribution in [3.8, 4) is 0 Å². The number of nitrogens with one attached hydrogen (secondary N) is 1. The molecule has 2 amide bonds.